The average molecular weight is 258 g/mol. The molecule has 0 saturated carbocycles. The molecule has 2 atom stereocenters. The van der Waals surface area contributed by atoms with Gasteiger partial charge in [0.05, 0.1) is 0 Å². The smallest absolute Gasteiger partial charge is 0.194 e. The van der Waals surface area contributed by atoms with Gasteiger partial charge in [0.25, 0.3) is 0 Å². The van der Waals surface area contributed by atoms with E-state index >= 15 is 0 Å². The first-order valence-corrected chi connectivity index (χ1v) is 7.24. The van der Waals surface area contributed by atoms with E-state index in [2.05, 4.69) is 0 Å². The molecule has 1 aliphatic heterocycles. The van der Waals surface area contributed by atoms with Crippen LogP contribution in [0.15, 0.2) is 0 Å². The van der Waals surface area contributed by atoms with Gasteiger partial charge in [0.2, 0.25) is 0 Å². The molecule has 4 heteroatoms. The van der Waals surface area contributed by atoms with Gasteiger partial charge >= 0.3 is 0 Å². The van der Waals surface area contributed by atoms with Gasteiger partial charge in [-0.25, -0.2) is 9.78 Å². The Bertz CT molecular complexity index is 208. The first kappa shape index (κ1) is 15.6. The Kier molecular flexibility index (Phi) is 9.08. The van der Waals surface area contributed by atoms with Crippen LogP contribution in [0.1, 0.15) is 71.1 Å². The summed E-state index contributed by atoms with van der Waals surface area (Å²) in [5.41, 5.74) is 0. The lowest BCUT2D eigenvalue weighted by molar-refractivity contribution is -0.294. The molecule has 0 aromatic carbocycles. The summed E-state index contributed by atoms with van der Waals surface area (Å²) in [6.45, 7) is 1.84. The van der Waals surface area contributed by atoms with E-state index in [1.807, 2.05) is 6.92 Å². The van der Waals surface area contributed by atoms with Gasteiger partial charge in [0.15, 0.2) is 12.6 Å². The van der Waals surface area contributed by atoms with Crippen molar-refractivity contribution in [2.24, 2.45) is 0 Å². The summed E-state index contributed by atoms with van der Waals surface area (Å²) in [7, 11) is 0. The minimum Gasteiger partial charge on any atom is -0.318 e. The Labute approximate surface area is 110 Å². The molecular weight excluding hydrogens is 232 g/mol. The molecule has 0 bridgehead atoms. The van der Waals surface area contributed by atoms with Gasteiger partial charge in [-0.2, -0.15) is 0 Å². The minimum absolute atomic E-state index is 0.164. The van der Waals surface area contributed by atoms with Crippen LogP contribution in [0.2, 0.25) is 0 Å². The minimum atomic E-state index is -0.221. The zero-order chi connectivity index (χ0) is 13.1. The largest absolute Gasteiger partial charge is 0.318 e. The number of carbonyl (C=O) groups is 1. The molecule has 106 valence electrons. The molecule has 18 heavy (non-hydrogen) atoms. The maximum Gasteiger partial charge on any atom is 0.194 e. The Balaban J connectivity index is 1.75. The molecule has 0 radical (unpaired) electrons. The summed E-state index contributed by atoms with van der Waals surface area (Å²) in [4.78, 5) is 20.0. The van der Waals surface area contributed by atoms with E-state index in [4.69, 9.17) is 14.5 Å². The van der Waals surface area contributed by atoms with E-state index < -0.39 is 0 Å². The van der Waals surface area contributed by atoms with E-state index in [-0.39, 0.29) is 12.6 Å². The van der Waals surface area contributed by atoms with Crippen molar-refractivity contribution in [2.45, 2.75) is 83.7 Å². The standard InChI is InChI=1S/C14H26O4/c1-13-16-14(18-17-13)11-9-7-5-3-2-4-6-8-10-12-15/h12-14H,2-11H2,1H3. The van der Waals surface area contributed by atoms with Crippen LogP contribution in [-0.2, 0) is 19.3 Å². The number of hydrogen-bond donors (Lipinski definition) is 0. The van der Waals surface area contributed by atoms with Crippen LogP contribution in [0.5, 0.6) is 0 Å². The van der Waals surface area contributed by atoms with Crippen molar-refractivity contribution in [2.75, 3.05) is 0 Å². The second kappa shape index (κ2) is 10.5. The highest BCUT2D eigenvalue weighted by Gasteiger charge is 2.23. The summed E-state index contributed by atoms with van der Waals surface area (Å²) < 4.78 is 5.37. The molecular formula is C14H26O4. The molecule has 0 aliphatic carbocycles. The highest BCUT2D eigenvalue weighted by atomic mass is 17.3. The Morgan fingerprint density at radius 1 is 0.889 bits per heavy atom. The van der Waals surface area contributed by atoms with Crippen molar-refractivity contribution in [1.82, 2.24) is 0 Å². The molecule has 1 saturated heterocycles. The predicted molar refractivity (Wildman–Crippen MR) is 68.7 cm³/mol. The summed E-state index contributed by atoms with van der Waals surface area (Å²) in [6, 6.07) is 0. The second-order valence-electron chi connectivity index (χ2n) is 4.90. The number of ether oxygens (including phenoxy) is 1. The highest BCUT2D eigenvalue weighted by Crippen LogP contribution is 2.18. The van der Waals surface area contributed by atoms with Crippen molar-refractivity contribution in [1.29, 1.82) is 0 Å². The second-order valence-corrected chi connectivity index (χ2v) is 4.90. The average Bonchev–Trinajstić information content (AvgIpc) is 2.77. The van der Waals surface area contributed by atoms with Gasteiger partial charge in [0.1, 0.15) is 6.29 Å². The topological polar surface area (TPSA) is 44.8 Å². The molecule has 0 spiro atoms. The number of unbranched alkanes of at least 4 members (excludes halogenated alkanes) is 8. The van der Waals surface area contributed by atoms with Gasteiger partial charge in [-0.15, -0.1) is 0 Å². The third-order valence-corrected chi connectivity index (χ3v) is 3.15. The zero-order valence-corrected chi connectivity index (χ0v) is 11.4. The molecule has 0 N–H and O–H groups in total. The SMILES string of the molecule is CC1OOC(CCCCCCCCCCC=O)O1. The van der Waals surface area contributed by atoms with Crippen molar-refractivity contribution in [3.05, 3.63) is 0 Å². The molecule has 2 unspecified atom stereocenters. The fourth-order valence-electron chi connectivity index (χ4n) is 2.11. The summed E-state index contributed by atoms with van der Waals surface area (Å²) in [5.74, 6) is 0. The van der Waals surface area contributed by atoms with E-state index in [9.17, 15) is 4.79 Å². The van der Waals surface area contributed by atoms with Gasteiger partial charge < -0.3 is 9.53 Å². The third kappa shape index (κ3) is 7.80. The lowest BCUT2D eigenvalue weighted by Crippen LogP contribution is -2.08. The first-order valence-electron chi connectivity index (χ1n) is 7.24. The Morgan fingerprint density at radius 3 is 2.06 bits per heavy atom. The van der Waals surface area contributed by atoms with Gasteiger partial charge in [-0.1, -0.05) is 38.5 Å². The highest BCUT2D eigenvalue weighted by molar-refractivity contribution is 5.48. The normalized spacial score (nSPS) is 23.4. The molecule has 4 nitrogen and oxygen atoms in total. The van der Waals surface area contributed by atoms with Gasteiger partial charge in [-0.3, -0.25) is 0 Å². The van der Waals surface area contributed by atoms with Crippen LogP contribution in [0.25, 0.3) is 0 Å². The van der Waals surface area contributed by atoms with Gasteiger partial charge in [-0.05, 0) is 19.8 Å². The molecule has 1 heterocycles. The first-order chi connectivity index (χ1) is 8.83. The van der Waals surface area contributed by atoms with Crippen LogP contribution in [-0.4, -0.2) is 18.9 Å². The fraction of sp³-hybridized carbons (Fsp3) is 0.929. The van der Waals surface area contributed by atoms with Crippen molar-refractivity contribution in [3.8, 4) is 0 Å². The van der Waals surface area contributed by atoms with Crippen molar-refractivity contribution >= 4 is 6.29 Å². The van der Waals surface area contributed by atoms with Crippen molar-refractivity contribution < 1.29 is 19.3 Å². The van der Waals surface area contributed by atoms with E-state index in [1.54, 1.807) is 0 Å². The molecule has 1 rings (SSSR count). The van der Waals surface area contributed by atoms with E-state index in [0.29, 0.717) is 0 Å². The molecule has 1 aliphatic rings. The maximum absolute atomic E-state index is 10.1. The lowest BCUT2D eigenvalue weighted by Gasteiger charge is -2.06. The monoisotopic (exact) mass is 258 g/mol. The van der Waals surface area contributed by atoms with Crippen molar-refractivity contribution in [3.63, 3.8) is 0 Å². The summed E-state index contributed by atoms with van der Waals surface area (Å²) in [6.07, 6.45) is 12.0. The number of aldehydes is 1. The maximum atomic E-state index is 10.1. The third-order valence-electron chi connectivity index (χ3n) is 3.15. The number of rotatable bonds is 11. The van der Waals surface area contributed by atoms with E-state index in [0.717, 1.165) is 32.0 Å². The quantitative estimate of drug-likeness (QED) is 0.322. The van der Waals surface area contributed by atoms with Crippen LogP contribution in [0.4, 0.5) is 0 Å². The molecule has 0 aromatic rings. The van der Waals surface area contributed by atoms with E-state index in [1.165, 1.54) is 38.5 Å². The Morgan fingerprint density at radius 2 is 1.50 bits per heavy atom. The van der Waals surface area contributed by atoms with Crippen LogP contribution in [0.3, 0.4) is 0 Å². The van der Waals surface area contributed by atoms with Crippen LogP contribution >= 0.6 is 0 Å². The summed E-state index contributed by atoms with van der Waals surface area (Å²) >= 11 is 0. The predicted octanol–water partition coefficient (Wildman–Crippen LogP) is 3.74. The fourth-order valence-corrected chi connectivity index (χ4v) is 2.11. The lowest BCUT2D eigenvalue weighted by atomic mass is 10.1. The molecule has 1 fully saturated rings. The number of carbonyl (C=O) groups excluding carboxylic acids is 1. The number of hydrogen-bond acceptors (Lipinski definition) is 4. The molecule has 0 aromatic heterocycles. The summed E-state index contributed by atoms with van der Waals surface area (Å²) in [5, 5.41) is 0. The Hall–Kier alpha value is -0.450. The van der Waals surface area contributed by atoms with Crippen LogP contribution in [0, 0.1) is 0 Å². The van der Waals surface area contributed by atoms with Gasteiger partial charge in [0, 0.05) is 12.8 Å². The zero-order valence-electron chi connectivity index (χ0n) is 11.4. The molecule has 0 amide bonds. The van der Waals surface area contributed by atoms with Crippen LogP contribution < -0.4 is 0 Å².